The molecule has 0 spiro atoms. The number of allylic oxidation sites excluding steroid dienone is 2. The fraction of sp³-hybridized carbons (Fsp3) is 0.286. The highest BCUT2D eigenvalue weighted by Crippen LogP contribution is 2.40. The fourth-order valence-corrected chi connectivity index (χ4v) is 2.11. The molecule has 0 saturated carbocycles. The van der Waals surface area contributed by atoms with E-state index >= 15 is 0 Å². The molecule has 1 aromatic carbocycles. The molecular weight excluding hydrogens is 310 g/mol. The molecule has 0 amide bonds. The van der Waals surface area contributed by atoms with Crippen LogP contribution in [-0.2, 0) is 6.18 Å². The lowest BCUT2D eigenvalue weighted by molar-refractivity contribution is -0.170. The Labute approximate surface area is 122 Å². The van der Waals surface area contributed by atoms with Gasteiger partial charge >= 0.3 is 12.4 Å². The summed E-state index contributed by atoms with van der Waals surface area (Å²) in [6.07, 6.45) is -7.30. The summed E-state index contributed by atoms with van der Waals surface area (Å²) in [7, 11) is 0. The molecule has 2 rings (SSSR count). The topological polar surface area (TPSA) is 52.0 Å². The van der Waals surface area contributed by atoms with E-state index in [9.17, 15) is 26.3 Å². The van der Waals surface area contributed by atoms with E-state index in [1.165, 1.54) is 6.07 Å². The number of hydrogen-bond donors (Lipinski definition) is 2. The number of rotatable bonds is 1. The highest BCUT2D eigenvalue weighted by molar-refractivity contribution is 5.79. The summed E-state index contributed by atoms with van der Waals surface area (Å²) in [5.41, 5.74) is 6.71. The van der Waals surface area contributed by atoms with Gasteiger partial charge in [-0.25, -0.2) is 0 Å². The number of nitrogen functional groups attached to an aromatic ring is 1. The minimum atomic E-state index is -4.68. The molecule has 0 heterocycles. The summed E-state index contributed by atoms with van der Waals surface area (Å²) in [6, 6.07) is 3.14. The lowest BCUT2D eigenvalue weighted by Gasteiger charge is -2.30. The van der Waals surface area contributed by atoms with Gasteiger partial charge in [0, 0.05) is 5.69 Å². The van der Waals surface area contributed by atoms with Gasteiger partial charge in [0.15, 0.2) is 0 Å². The lowest BCUT2D eigenvalue weighted by Crippen LogP contribution is -2.52. The largest absolute Gasteiger partial charge is 0.417 e. The maximum absolute atomic E-state index is 13.0. The van der Waals surface area contributed by atoms with Crippen LogP contribution in [0.2, 0.25) is 0 Å². The van der Waals surface area contributed by atoms with Crippen molar-refractivity contribution in [1.82, 2.24) is 0 Å². The van der Waals surface area contributed by atoms with Gasteiger partial charge in [-0.3, -0.25) is 0 Å². The van der Waals surface area contributed by atoms with Crippen molar-refractivity contribution in [3.8, 4) is 0 Å². The predicted molar refractivity (Wildman–Crippen MR) is 70.6 cm³/mol. The third-order valence-corrected chi connectivity index (χ3v) is 3.41. The Morgan fingerprint density at radius 2 is 1.68 bits per heavy atom. The van der Waals surface area contributed by atoms with E-state index in [2.05, 4.69) is 0 Å². The van der Waals surface area contributed by atoms with E-state index in [1.54, 1.807) is 0 Å². The first-order valence-corrected chi connectivity index (χ1v) is 6.16. The summed E-state index contributed by atoms with van der Waals surface area (Å²) < 4.78 is 77.4. The minimum absolute atomic E-state index is 0.0256. The standard InChI is InChI=1S/C14H12F6N2/c15-13(16,17)11-7-9(21)1-2-10(11)8-3-5-12(22,6-4-8)14(18,19)20/h1-5,7H,6,21-22H2. The third kappa shape index (κ3) is 2.96. The summed E-state index contributed by atoms with van der Waals surface area (Å²) in [4.78, 5) is 0. The number of anilines is 1. The molecule has 1 unspecified atom stereocenters. The van der Waals surface area contributed by atoms with Gasteiger partial charge in [-0.15, -0.1) is 0 Å². The Morgan fingerprint density at radius 1 is 1.05 bits per heavy atom. The van der Waals surface area contributed by atoms with Gasteiger partial charge in [0.1, 0.15) is 5.54 Å². The van der Waals surface area contributed by atoms with E-state index in [-0.39, 0.29) is 16.8 Å². The SMILES string of the molecule is Nc1ccc(C2=CCC(N)(C(F)(F)F)C=C2)c(C(F)(F)F)c1. The molecule has 0 fully saturated rings. The molecule has 1 atom stereocenters. The second-order valence-electron chi connectivity index (χ2n) is 5.04. The zero-order chi connectivity index (χ0) is 16.8. The van der Waals surface area contributed by atoms with Crippen molar-refractivity contribution in [2.24, 2.45) is 5.73 Å². The zero-order valence-electron chi connectivity index (χ0n) is 11.1. The first kappa shape index (κ1) is 16.4. The highest BCUT2D eigenvalue weighted by Gasteiger charge is 2.50. The van der Waals surface area contributed by atoms with Gasteiger partial charge in [-0.1, -0.05) is 24.3 Å². The van der Waals surface area contributed by atoms with E-state index in [0.717, 1.165) is 24.3 Å². The van der Waals surface area contributed by atoms with Gasteiger partial charge in [0.05, 0.1) is 5.56 Å². The summed E-state index contributed by atoms with van der Waals surface area (Å²) in [5.74, 6) is 0. The number of hydrogen-bond acceptors (Lipinski definition) is 2. The lowest BCUT2D eigenvalue weighted by atomic mass is 9.85. The van der Waals surface area contributed by atoms with Gasteiger partial charge in [-0.05, 0) is 29.7 Å². The van der Waals surface area contributed by atoms with E-state index in [1.807, 2.05) is 0 Å². The van der Waals surface area contributed by atoms with Gasteiger partial charge < -0.3 is 11.5 Å². The molecule has 4 N–H and O–H groups in total. The Bertz CT molecular complexity index is 642. The minimum Gasteiger partial charge on any atom is -0.399 e. The maximum atomic E-state index is 13.0. The summed E-state index contributed by atoms with van der Waals surface area (Å²) in [6.45, 7) is 0. The molecule has 22 heavy (non-hydrogen) atoms. The monoisotopic (exact) mass is 322 g/mol. The van der Waals surface area contributed by atoms with Crippen LogP contribution in [0.15, 0.2) is 36.4 Å². The number of alkyl halides is 6. The second kappa shape index (κ2) is 5.05. The number of benzene rings is 1. The van der Waals surface area contributed by atoms with Crippen molar-refractivity contribution < 1.29 is 26.3 Å². The number of nitrogens with two attached hydrogens (primary N) is 2. The van der Waals surface area contributed by atoms with Gasteiger partial charge in [-0.2, -0.15) is 26.3 Å². The molecule has 1 aliphatic rings. The molecule has 0 saturated heterocycles. The molecule has 0 radical (unpaired) electrons. The molecule has 0 bridgehead atoms. The molecule has 2 nitrogen and oxygen atoms in total. The first-order chi connectivity index (χ1) is 9.94. The third-order valence-electron chi connectivity index (χ3n) is 3.41. The van der Waals surface area contributed by atoms with E-state index < -0.39 is 29.9 Å². The maximum Gasteiger partial charge on any atom is 0.417 e. The zero-order valence-corrected chi connectivity index (χ0v) is 11.1. The fourth-order valence-electron chi connectivity index (χ4n) is 2.11. The first-order valence-electron chi connectivity index (χ1n) is 6.16. The Hall–Kier alpha value is -1.96. The molecule has 0 aromatic heterocycles. The average Bonchev–Trinajstić information content (AvgIpc) is 2.37. The average molecular weight is 322 g/mol. The van der Waals surface area contributed by atoms with Gasteiger partial charge in [0.25, 0.3) is 0 Å². The molecule has 0 aliphatic heterocycles. The van der Waals surface area contributed by atoms with Crippen molar-refractivity contribution in [3.63, 3.8) is 0 Å². The molecule has 8 heteroatoms. The van der Waals surface area contributed by atoms with Crippen LogP contribution in [0, 0.1) is 0 Å². The van der Waals surface area contributed by atoms with Crippen molar-refractivity contribution in [2.75, 3.05) is 5.73 Å². The Kier molecular flexibility index (Phi) is 3.76. The quantitative estimate of drug-likeness (QED) is 0.609. The van der Waals surface area contributed by atoms with Crippen LogP contribution in [0.4, 0.5) is 32.0 Å². The van der Waals surface area contributed by atoms with Crippen LogP contribution < -0.4 is 11.5 Å². The summed E-state index contributed by atoms with van der Waals surface area (Å²) in [5, 5.41) is 0. The van der Waals surface area contributed by atoms with Crippen molar-refractivity contribution in [1.29, 1.82) is 0 Å². The smallest absolute Gasteiger partial charge is 0.399 e. The van der Waals surface area contributed by atoms with E-state index in [4.69, 9.17) is 11.5 Å². The van der Waals surface area contributed by atoms with Crippen LogP contribution in [-0.4, -0.2) is 11.7 Å². The van der Waals surface area contributed by atoms with Crippen LogP contribution in [0.5, 0.6) is 0 Å². The van der Waals surface area contributed by atoms with Crippen LogP contribution >= 0.6 is 0 Å². The number of halogens is 6. The van der Waals surface area contributed by atoms with E-state index in [0.29, 0.717) is 6.08 Å². The Balaban J connectivity index is 2.43. The molecule has 1 aliphatic carbocycles. The predicted octanol–water partition coefficient (Wildman–Crippen LogP) is 3.89. The second-order valence-corrected chi connectivity index (χ2v) is 5.04. The summed E-state index contributed by atoms with van der Waals surface area (Å²) >= 11 is 0. The Morgan fingerprint density at radius 3 is 2.14 bits per heavy atom. The van der Waals surface area contributed by atoms with Crippen molar-refractivity contribution in [2.45, 2.75) is 24.3 Å². The van der Waals surface area contributed by atoms with Crippen LogP contribution in [0.25, 0.3) is 5.57 Å². The van der Waals surface area contributed by atoms with Crippen LogP contribution in [0.1, 0.15) is 17.5 Å². The molecule has 120 valence electrons. The van der Waals surface area contributed by atoms with Crippen molar-refractivity contribution in [3.05, 3.63) is 47.6 Å². The van der Waals surface area contributed by atoms with Crippen molar-refractivity contribution >= 4 is 11.3 Å². The highest BCUT2D eigenvalue weighted by atomic mass is 19.4. The normalized spacial score (nSPS) is 22.6. The molecule has 1 aromatic rings. The van der Waals surface area contributed by atoms with Crippen LogP contribution in [0.3, 0.4) is 0 Å². The molecular formula is C14H12F6N2. The van der Waals surface area contributed by atoms with Gasteiger partial charge in [0.2, 0.25) is 0 Å².